The van der Waals surface area contributed by atoms with Gasteiger partial charge in [0.15, 0.2) is 0 Å². The zero-order valence-corrected chi connectivity index (χ0v) is 18.5. The minimum Gasteiger partial charge on any atom is -0.550 e. The lowest BCUT2D eigenvalue weighted by molar-refractivity contribution is -0.928. The number of allylic oxidation sites excluding steroid dienone is 1. The van der Waals surface area contributed by atoms with Crippen molar-refractivity contribution in [2.45, 2.75) is 98.3 Å². The molecule has 0 aromatic heterocycles. The summed E-state index contributed by atoms with van der Waals surface area (Å²) in [5.74, 6) is -0.953. The molecule has 4 nitrogen and oxygen atoms in total. The largest absolute Gasteiger partial charge is 0.550 e. The van der Waals surface area contributed by atoms with Crippen molar-refractivity contribution in [3.8, 4) is 0 Å². The summed E-state index contributed by atoms with van der Waals surface area (Å²) in [7, 11) is 0. The number of aliphatic hydroxyl groups is 1. The van der Waals surface area contributed by atoms with E-state index in [0.29, 0.717) is 29.8 Å². The Hall–Kier alpha value is -1.03. The molecule has 1 atom stereocenters. The molecular formula is C23H45NO3. The summed E-state index contributed by atoms with van der Waals surface area (Å²) in [4.78, 5) is 11.6. The van der Waals surface area contributed by atoms with Gasteiger partial charge < -0.3 is 19.5 Å². The summed E-state index contributed by atoms with van der Waals surface area (Å²) in [6.07, 6.45) is 13.7. The van der Waals surface area contributed by atoms with E-state index < -0.39 is 11.9 Å². The van der Waals surface area contributed by atoms with Crippen LogP contribution < -0.4 is 5.11 Å². The maximum absolute atomic E-state index is 11.6. The molecule has 0 aromatic rings. The fraction of sp³-hybridized carbons (Fsp3) is 0.870. The molecule has 27 heavy (non-hydrogen) atoms. The number of carbonyl (C=O) groups is 1. The molecule has 0 radical (unpaired) electrons. The minimum absolute atomic E-state index is 0.437. The van der Waals surface area contributed by atoms with E-state index in [2.05, 4.69) is 20.8 Å². The van der Waals surface area contributed by atoms with E-state index in [9.17, 15) is 15.0 Å². The highest BCUT2D eigenvalue weighted by Crippen LogP contribution is 2.21. The van der Waals surface area contributed by atoms with Gasteiger partial charge in [-0.05, 0) is 51.0 Å². The first-order chi connectivity index (χ1) is 12.9. The highest BCUT2D eigenvalue weighted by Gasteiger charge is 2.31. The molecule has 0 spiro atoms. The number of hydrogen-bond acceptors (Lipinski definition) is 3. The van der Waals surface area contributed by atoms with E-state index in [-0.39, 0.29) is 0 Å². The number of aliphatic carboxylic acids is 1. The van der Waals surface area contributed by atoms with Crippen molar-refractivity contribution < 1.29 is 19.5 Å². The predicted octanol–water partition coefficient (Wildman–Crippen LogP) is 4.98. The topological polar surface area (TPSA) is 60.4 Å². The Balaban J connectivity index is 5.33. The molecule has 0 aliphatic rings. The second-order valence-electron chi connectivity index (χ2n) is 8.16. The van der Waals surface area contributed by atoms with Gasteiger partial charge in [0.05, 0.1) is 25.6 Å². The third-order valence-corrected chi connectivity index (χ3v) is 5.59. The maximum atomic E-state index is 11.6. The third-order valence-electron chi connectivity index (χ3n) is 5.59. The van der Waals surface area contributed by atoms with Crippen LogP contribution in [0.2, 0.25) is 0 Å². The van der Waals surface area contributed by atoms with Gasteiger partial charge in [-0.25, -0.2) is 0 Å². The van der Waals surface area contributed by atoms with Crippen LogP contribution in [-0.2, 0) is 4.79 Å². The van der Waals surface area contributed by atoms with Crippen LogP contribution in [0.5, 0.6) is 0 Å². The zero-order chi connectivity index (χ0) is 20.5. The van der Waals surface area contributed by atoms with Crippen LogP contribution >= 0.6 is 0 Å². The van der Waals surface area contributed by atoms with E-state index in [4.69, 9.17) is 0 Å². The van der Waals surface area contributed by atoms with Crippen LogP contribution in [0.3, 0.4) is 0 Å². The van der Waals surface area contributed by atoms with Crippen LogP contribution in [0.1, 0.15) is 98.3 Å². The first-order valence-corrected chi connectivity index (χ1v) is 11.4. The normalized spacial score (nSPS) is 13.7. The van der Waals surface area contributed by atoms with Crippen LogP contribution in [0.15, 0.2) is 11.8 Å². The predicted molar refractivity (Wildman–Crippen MR) is 112 cm³/mol. The molecule has 0 aliphatic heterocycles. The average molecular weight is 384 g/mol. The molecule has 1 unspecified atom stereocenters. The van der Waals surface area contributed by atoms with Crippen molar-refractivity contribution in [3.63, 3.8) is 0 Å². The molecule has 160 valence electrons. The summed E-state index contributed by atoms with van der Waals surface area (Å²) >= 11 is 0. The number of carbonyl (C=O) groups excluding carboxylic acids is 1. The van der Waals surface area contributed by atoms with E-state index in [1.165, 1.54) is 12.8 Å². The summed E-state index contributed by atoms with van der Waals surface area (Å²) in [6, 6.07) is 0. The lowest BCUT2D eigenvalue weighted by atomic mass is 10.0. The Morgan fingerprint density at radius 3 is 1.89 bits per heavy atom. The number of rotatable bonds is 18. The van der Waals surface area contributed by atoms with E-state index >= 15 is 0 Å². The van der Waals surface area contributed by atoms with Gasteiger partial charge in [-0.15, -0.1) is 0 Å². The summed E-state index contributed by atoms with van der Waals surface area (Å²) in [6.45, 7) is 11.5. The highest BCUT2D eigenvalue weighted by atomic mass is 16.4. The van der Waals surface area contributed by atoms with Crippen molar-refractivity contribution in [2.24, 2.45) is 5.92 Å². The second-order valence-corrected chi connectivity index (χ2v) is 8.16. The van der Waals surface area contributed by atoms with Gasteiger partial charge in [-0.2, -0.15) is 0 Å². The molecule has 0 saturated carbocycles. The van der Waals surface area contributed by atoms with Gasteiger partial charge in [0.1, 0.15) is 12.3 Å². The van der Waals surface area contributed by atoms with Crippen molar-refractivity contribution in [1.29, 1.82) is 0 Å². The average Bonchev–Trinajstić information content (AvgIpc) is 2.63. The molecule has 1 N–H and O–H groups in total. The van der Waals surface area contributed by atoms with E-state index in [0.717, 1.165) is 64.5 Å². The lowest BCUT2D eigenvalue weighted by Crippen LogP contribution is -2.55. The molecule has 0 saturated heterocycles. The Labute approximate surface area is 168 Å². The molecule has 0 amide bonds. The summed E-state index contributed by atoms with van der Waals surface area (Å²) in [5, 5.41) is 22.2. The number of aliphatic hydroxyl groups excluding tert-OH is 1. The molecule has 0 fully saturated rings. The van der Waals surface area contributed by atoms with Crippen LogP contribution in [0, 0.1) is 5.92 Å². The van der Waals surface area contributed by atoms with Crippen molar-refractivity contribution >= 4 is 5.97 Å². The number of carboxylic acid groups (broad SMARTS) is 1. The number of hydrogen-bond donors (Lipinski definition) is 1. The molecule has 0 rings (SSSR count). The summed E-state index contributed by atoms with van der Waals surface area (Å²) in [5.41, 5.74) is 0. The molecule has 0 bridgehead atoms. The Morgan fingerprint density at radius 1 is 0.926 bits per heavy atom. The number of nitrogens with zero attached hydrogens (tertiary/aromatic N) is 1. The van der Waals surface area contributed by atoms with Crippen molar-refractivity contribution in [1.82, 2.24) is 0 Å². The first kappa shape index (κ1) is 26.0. The SMILES string of the molecule is CCCCC/C=C(\O)C[N+](CCCCC)(CCCCC)CC(CC)C(=O)[O-]. The molecule has 0 aliphatic carbocycles. The van der Waals surface area contributed by atoms with Gasteiger partial charge >= 0.3 is 0 Å². The van der Waals surface area contributed by atoms with Crippen molar-refractivity contribution in [3.05, 3.63) is 11.8 Å². The lowest BCUT2D eigenvalue weighted by Gasteiger charge is -2.41. The smallest absolute Gasteiger partial charge is 0.143 e. The first-order valence-electron chi connectivity index (χ1n) is 11.4. The second kappa shape index (κ2) is 16.0. The Morgan fingerprint density at radius 2 is 1.44 bits per heavy atom. The molecule has 0 heterocycles. The van der Waals surface area contributed by atoms with Gasteiger partial charge in [0.2, 0.25) is 0 Å². The minimum atomic E-state index is -0.947. The number of unbranched alkanes of at least 4 members (excludes halogenated alkanes) is 7. The number of carboxylic acids is 1. The quantitative estimate of drug-likeness (QED) is 0.206. The standard InChI is InChI=1S/C23H45NO3/c1-5-9-12-13-16-22(25)20-24(17-14-10-6-2,18-15-11-7-3)19-21(8-4)23(26)27/h16,21H,5-15,17-20H2,1-4H3,(H-,25,26,27)/b22-16-. The third kappa shape index (κ3) is 12.1. The summed E-state index contributed by atoms with van der Waals surface area (Å²) < 4.78 is 0.683. The van der Waals surface area contributed by atoms with Gasteiger partial charge in [-0.1, -0.05) is 53.4 Å². The van der Waals surface area contributed by atoms with Gasteiger partial charge in [-0.3, -0.25) is 0 Å². The fourth-order valence-electron chi connectivity index (χ4n) is 3.82. The van der Waals surface area contributed by atoms with Gasteiger partial charge in [0.25, 0.3) is 0 Å². The Bertz CT molecular complexity index is 396. The maximum Gasteiger partial charge on any atom is 0.143 e. The van der Waals surface area contributed by atoms with Crippen molar-refractivity contribution in [2.75, 3.05) is 26.2 Å². The number of quaternary nitrogens is 1. The van der Waals surface area contributed by atoms with Crippen LogP contribution in [0.25, 0.3) is 0 Å². The molecule has 4 heteroatoms. The fourth-order valence-corrected chi connectivity index (χ4v) is 3.82. The molecule has 0 aromatic carbocycles. The van der Waals surface area contributed by atoms with Crippen LogP contribution in [0.4, 0.5) is 0 Å². The Kier molecular flexibility index (Phi) is 15.4. The van der Waals surface area contributed by atoms with Gasteiger partial charge in [0, 0.05) is 5.92 Å². The van der Waals surface area contributed by atoms with Crippen LogP contribution in [-0.4, -0.2) is 41.7 Å². The monoisotopic (exact) mass is 383 g/mol. The van der Waals surface area contributed by atoms with E-state index in [1.54, 1.807) is 0 Å². The zero-order valence-electron chi connectivity index (χ0n) is 18.5. The highest BCUT2D eigenvalue weighted by molar-refractivity contribution is 5.67. The molecular weight excluding hydrogens is 338 g/mol. The van der Waals surface area contributed by atoms with E-state index in [1.807, 2.05) is 13.0 Å².